The topological polar surface area (TPSA) is 100 Å². The van der Waals surface area contributed by atoms with Crippen LogP contribution in [0.2, 0.25) is 0 Å². The van der Waals surface area contributed by atoms with Gasteiger partial charge in [0.1, 0.15) is 11.6 Å². The van der Waals surface area contributed by atoms with E-state index in [1.165, 1.54) is 12.8 Å². The lowest BCUT2D eigenvalue weighted by atomic mass is 10.1. The summed E-state index contributed by atoms with van der Waals surface area (Å²) in [6.07, 6.45) is 5.92. The molecule has 0 radical (unpaired) electrons. The molecule has 3 N–H and O–H groups in total. The lowest BCUT2D eigenvalue weighted by molar-refractivity contribution is -0.124. The van der Waals surface area contributed by atoms with E-state index in [0.717, 1.165) is 18.1 Å². The number of carbonyl (C=O) groups is 2. The van der Waals surface area contributed by atoms with Crippen molar-refractivity contribution in [1.82, 2.24) is 19.9 Å². The molecule has 2 amide bonds. The fourth-order valence-corrected chi connectivity index (χ4v) is 3.32. The second-order valence-electron chi connectivity index (χ2n) is 7.40. The van der Waals surface area contributed by atoms with Crippen LogP contribution in [-0.4, -0.2) is 33.0 Å². The molecule has 1 aliphatic carbocycles. The minimum atomic E-state index is -0.361. The molecule has 8 heteroatoms. The Morgan fingerprint density at radius 3 is 2.76 bits per heavy atom. The average molecular weight is 388 g/mol. The Morgan fingerprint density at radius 1 is 1.21 bits per heavy atom. The van der Waals surface area contributed by atoms with E-state index in [0.29, 0.717) is 28.5 Å². The summed E-state index contributed by atoms with van der Waals surface area (Å²) in [6.45, 7) is 0.886. The van der Waals surface area contributed by atoms with Crippen LogP contribution < -0.4 is 16.0 Å². The van der Waals surface area contributed by atoms with Gasteiger partial charge in [-0.25, -0.2) is 4.98 Å². The zero-order chi connectivity index (χ0) is 19.8. The standard InChI is InChI=1S/C21H20N6O2/c28-19-9-14(21(29)26-19)8-15-12-23-27-18(22-11-13-6-7-13)10-17(25-20(15)27)24-16-4-2-1-3-5-16/h1-5,8,10,12-13,22H,6-7,9,11H2,(H,24,25)(H,26,28,29). The van der Waals surface area contributed by atoms with Gasteiger partial charge in [-0.2, -0.15) is 9.61 Å². The van der Waals surface area contributed by atoms with Crippen molar-refractivity contribution in [3.63, 3.8) is 0 Å². The van der Waals surface area contributed by atoms with Crippen molar-refractivity contribution in [2.24, 2.45) is 5.92 Å². The number of para-hydroxylation sites is 1. The molecule has 0 spiro atoms. The number of imide groups is 1. The minimum absolute atomic E-state index is 0.0743. The molecular weight excluding hydrogens is 368 g/mol. The largest absolute Gasteiger partial charge is 0.370 e. The Morgan fingerprint density at radius 2 is 2.03 bits per heavy atom. The van der Waals surface area contributed by atoms with Crippen molar-refractivity contribution in [2.45, 2.75) is 19.3 Å². The molecule has 0 bridgehead atoms. The minimum Gasteiger partial charge on any atom is -0.370 e. The summed E-state index contributed by atoms with van der Waals surface area (Å²) in [4.78, 5) is 28.1. The molecule has 2 aliphatic rings. The predicted octanol–water partition coefficient (Wildman–Crippen LogP) is 2.72. The first kappa shape index (κ1) is 17.4. The van der Waals surface area contributed by atoms with Gasteiger partial charge in [0.2, 0.25) is 5.91 Å². The van der Waals surface area contributed by atoms with Gasteiger partial charge in [0.25, 0.3) is 5.91 Å². The van der Waals surface area contributed by atoms with E-state index in [9.17, 15) is 9.59 Å². The molecule has 5 rings (SSSR count). The number of hydrogen-bond acceptors (Lipinski definition) is 6. The van der Waals surface area contributed by atoms with E-state index in [-0.39, 0.29) is 18.2 Å². The number of benzene rings is 1. The van der Waals surface area contributed by atoms with Crippen LogP contribution in [-0.2, 0) is 9.59 Å². The number of aromatic nitrogens is 3. The highest BCUT2D eigenvalue weighted by Gasteiger charge is 2.25. The molecule has 2 aromatic heterocycles. The molecule has 2 fully saturated rings. The second-order valence-corrected chi connectivity index (χ2v) is 7.40. The van der Waals surface area contributed by atoms with E-state index in [4.69, 9.17) is 4.98 Å². The van der Waals surface area contributed by atoms with Crippen molar-refractivity contribution in [3.05, 3.63) is 53.7 Å². The molecule has 1 saturated heterocycles. The van der Waals surface area contributed by atoms with Crippen LogP contribution in [0.25, 0.3) is 11.7 Å². The number of hydrogen-bond donors (Lipinski definition) is 3. The van der Waals surface area contributed by atoms with Crippen LogP contribution in [0.15, 0.2) is 48.2 Å². The first-order valence-corrected chi connectivity index (χ1v) is 9.65. The summed E-state index contributed by atoms with van der Waals surface area (Å²) in [6, 6.07) is 11.7. The first-order chi connectivity index (χ1) is 14.2. The second kappa shape index (κ2) is 7.05. The third kappa shape index (κ3) is 3.69. The third-order valence-electron chi connectivity index (χ3n) is 5.04. The molecule has 146 valence electrons. The average Bonchev–Trinajstić information content (AvgIpc) is 3.38. The van der Waals surface area contributed by atoms with E-state index < -0.39 is 0 Å². The summed E-state index contributed by atoms with van der Waals surface area (Å²) in [5, 5.41) is 13.5. The van der Waals surface area contributed by atoms with Gasteiger partial charge < -0.3 is 10.6 Å². The van der Waals surface area contributed by atoms with Gasteiger partial charge >= 0.3 is 0 Å². The molecule has 1 saturated carbocycles. The van der Waals surface area contributed by atoms with Crippen LogP contribution in [0.1, 0.15) is 24.8 Å². The smallest absolute Gasteiger partial charge is 0.254 e. The van der Waals surface area contributed by atoms with E-state index in [1.807, 2.05) is 36.4 Å². The maximum Gasteiger partial charge on any atom is 0.254 e. The van der Waals surface area contributed by atoms with Crippen LogP contribution in [0.5, 0.6) is 0 Å². The van der Waals surface area contributed by atoms with Gasteiger partial charge in [0, 0.05) is 29.4 Å². The lowest BCUT2D eigenvalue weighted by Gasteiger charge is -2.12. The molecular formula is C21H20N6O2. The number of fused-ring (bicyclic) bond motifs is 1. The van der Waals surface area contributed by atoms with Crippen molar-refractivity contribution in [1.29, 1.82) is 0 Å². The monoisotopic (exact) mass is 388 g/mol. The fourth-order valence-electron chi connectivity index (χ4n) is 3.32. The number of nitrogens with one attached hydrogen (secondary N) is 3. The van der Waals surface area contributed by atoms with Crippen LogP contribution in [0.3, 0.4) is 0 Å². The number of amides is 2. The van der Waals surface area contributed by atoms with Gasteiger partial charge in [-0.1, -0.05) is 18.2 Å². The Labute approximate surface area is 167 Å². The lowest BCUT2D eigenvalue weighted by Crippen LogP contribution is -2.19. The summed E-state index contributed by atoms with van der Waals surface area (Å²) in [7, 11) is 0. The molecule has 1 aliphatic heterocycles. The third-order valence-corrected chi connectivity index (χ3v) is 5.04. The Balaban J connectivity index is 1.55. The van der Waals surface area contributed by atoms with Gasteiger partial charge in [0.05, 0.1) is 12.6 Å². The van der Waals surface area contributed by atoms with Crippen LogP contribution >= 0.6 is 0 Å². The van der Waals surface area contributed by atoms with E-state index >= 15 is 0 Å². The Kier molecular flexibility index (Phi) is 4.23. The molecule has 0 atom stereocenters. The number of nitrogens with zero attached hydrogens (tertiary/aromatic N) is 3. The fraction of sp³-hybridized carbons (Fsp3) is 0.238. The molecule has 3 aromatic rings. The molecule has 3 heterocycles. The maximum atomic E-state index is 11.9. The highest BCUT2D eigenvalue weighted by molar-refractivity contribution is 6.15. The highest BCUT2D eigenvalue weighted by Crippen LogP contribution is 2.30. The number of carbonyl (C=O) groups excluding carboxylic acids is 2. The molecule has 29 heavy (non-hydrogen) atoms. The van der Waals surface area contributed by atoms with Gasteiger partial charge in [-0.05, 0) is 37.0 Å². The molecule has 0 unspecified atom stereocenters. The molecule has 1 aromatic carbocycles. The maximum absolute atomic E-state index is 11.9. The molecule has 8 nitrogen and oxygen atoms in total. The first-order valence-electron chi connectivity index (χ1n) is 9.65. The normalized spacial score (nSPS) is 17.7. The predicted molar refractivity (Wildman–Crippen MR) is 110 cm³/mol. The quantitative estimate of drug-likeness (QED) is 0.443. The van der Waals surface area contributed by atoms with Crippen molar-refractivity contribution < 1.29 is 9.59 Å². The van der Waals surface area contributed by atoms with Crippen LogP contribution in [0.4, 0.5) is 17.3 Å². The Hall–Kier alpha value is -3.68. The van der Waals surface area contributed by atoms with Gasteiger partial charge in [0.15, 0.2) is 5.65 Å². The van der Waals surface area contributed by atoms with E-state index in [2.05, 4.69) is 21.0 Å². The summed E-state index contributed by atoms with van der Waals surface area (Å²) in [5.41, 5.74) is 2.65. The van der Waals surface area contributed by atoms with Crippen molar-refractivity contribution in [2.75, 3.05) is 17.2 Å². The summed E-state index contributed by atoms with van der Waals surface area (Å²) in [5.74, 6) is 1.56. The van der Waals surface area contributed by atoms with Gasteiger partial charge in [-0.15, -0.1) is 0 Å². The number of anilines is 3. The highest BCUT2D eigenvalue weighted by atomic mass is 16.2. The van der Waals surface area contributed by atoms with E-state index in [1.54, 1.807) is 16.8 Å². The van der Waals surface area contributed by atoms with Crippen molar-refractivity contribution in [3.8, 4) is 0 Å². The van der Waals surface area contributed by atoms with Gasteiger partial charge in [-0.3, -0.25) is 14.9 Å². The zero-order valence-electron chi connectivity index (χ0n) is 15.7. The van der Waals surface area contributed by atoms with Crippen LogP contribution in [0, 0.1) is 5.92 Å². The summed E-state index contributed by atoms with van der Waals surface area (Å²) < 4.78 is 1.74. The summed E-state index contributed by atoms with van der Waals surface area (Å²) >= 11 is 0. The number of rotatable bonds is 6. The zero-order valence-corrected chi connectivity index (χ0v) is 15.7. The SMILES string of the molecule is O=C1CC(=Cc2cnn3c(NCC4CC4)cc(Nc4ccccc4)nc23)C(=O)N1. The Bertz CT molecular complexity index is 1130. The van der Waals surface area contributed by atoms with Crippen molar-refractivity contribution >= 4 is 40.9 Å².